The number of benzene rings is 1. The third kappa shape index (κ3) is 4.59. The Hall–Kier alpha value is -1.43. The molecule has 20 heavy (non-hydrogen) atoms. The fourth-order valence-electron chi connectivity index (χ4n) is 1.76. The molecule has 0 aliphatic heterocycles. The summed E-state index contributed by atoms with van der Waals surface area (Å²) in [6.45, 7) is 5.41. The standard InChI is InChI=1S/C14H18BrFN2O2/c1-3-18(4-2)13(19)7-8-17-14(20)10-5-6-12(16)11(15)9-10/h5-6,9H,3-4,7-8H2,1-2H3,(H,17,20). The molecule has 1 aromatic carbocycles. The molecule has 0 spiro atoms. The predicted octanol–water partition coefficient (Wildman–Crippen LogP) is 2.58. The van der Waals surface area contributed by atoms with Gasteiger partial charge in [-0.25, -0.2) is 4.39 Å². The van der Waals surface area contributed by atoms with Crippen molar-refractivity contribution in [3.8, 4) is 0 Å². The summed E-state index contributed by atoms with van der Waals surface area (Å²) in [5.41, 5.74) is 0.355. The first-order chi connectivity index (χ1) is 9.49. The lowest BCUT2D eigenvalue weighted by atomic mass is 10.2. The molecule has 0 heterocycles. The molecule has 0 saturated carbocycles. The number of hydrogen-bond acceptors (Lipinski definition) is 2. The van der Waals surface area contributed by atoms with E-state index in [1.807, 2.05) is 13.8 Å². The highest BCUT2D eigenvalue weighted by Crippen LogP contribution is 2.16. The summed E-state index contributed by atoms with van der Waals surface area (Å²) < 4.78 is 13.3. The summed E-state index contributed by atoms with van der Waals surface area (Å²) in [7, 11) is 0. The van der Waals surface area contributed by atoms with E-state index in [0.29, 0.717) is 18.7 Å². The van der Waals surface area contributed by atoms with Gasteiger partial charge in [-0.15, -0.1) is 0 Å². The molecule has 0 radical (unpaired) electrons. The zero-order chi connectivity index (χ0) is 15.1. The summed E-state index contributed by atoms with van der Waals surface area (Å²) >= 11 is 3.03. The van der Waals surface area contributed by atoms with Crippen molar-refractivity contribution < 1.29 is 14.0 Å². The average Bonchev–Trinajstić information content (AvgIpc) is 2.43. The fourth-order valence-corrected chi connectivity index (χ4v) is 2.14. The van der Waals surface area contributed by atoms with Crippen LogP contribution in [0.3, 0.4) is 0 Å². The van der Waals surface area contributed by atoms with Gasteiger partial charge in [-0.2, -0.15) is 0 Å². The van der Waals surface area contributed by atoms with Crippen LogP contribution >= 0.6 is 15.9 Å². The van der Waals surface area contributed by atoms with Gasteiger partial charge in [0, 0.05) is 31.6 Å². The quantitative estimate of drug-likeness (QED) is 0.862. The Kier molecular flexibility index (Phi) is 6.64. The van der Waals surface area contributed by atoms with Crippen molar-refractivity contribution in [1.29, 1.82) is 0 Å². The van der Waals surface area contributed by atoms with E-state index in [9.17, 15) is 14.0 Å². The highest BCUT2D eigenvalue weighted by Gasteiger charge is 2.11. The molecule has 6 heteroatoms. The van der Waals surface area contributed by atoms with Gasteiger partial charge in [-0.3, -0.25) is 9.59 Å². The van der Waals surface area contributed by atoms with Crippen LogP contribution in [-0.4, -0.2) is 36.3 Å². The topological polar surface area (TPSA) is 49.4 Å². The molecule has 1 N–H and O–H groups in total. The Morgan fingerprint density at radius 2 is 1.95 bits per heavy atom. The number of halogens is 2. The van der Waals surface area contributed by atoms with E-state index in [4.69, 9.17) is 0 Å². The van der Waals surface area contributed by atoms with Gasteiger partial charge < -0.3 is 10.2 Å². The van der Waals surface area contributed by atoms with Crippen LogP contribution in [0.2, 0.25) is 0 Å². The van der Waals surface area contributed by atoms with Crippen molar-refractivity contribution >= 4 is 27.7 Å². The van der Waals surface area contributed by atoms with Crippen molar-refractivity contribution in [2.24, 2.45) is 0 Å². The number of hydrogen-bond donors (Lipinski definition) is 1. The number of rotatable bonds is 6. The van der Waals surface area contributed by atoms with Crippen molar-refractivity contribution in [3.05, 3.63) is 34.1 Å². The third-order valence-electron chi connectivity index (χ3n) is 2.92. The lowest BCUT2D eigenvalue weighted by Crippen LogP contribution is -2.34. The van der Waals surface area contributed by atoms with E-state index >= 15 is 0 Å². The number of carbonyl (C=O) groups is 2. The predicted molar refractivity (Wildman–Crippen MR) is 79.0 cm³/mol. The van der Waals surface area contributed by atoms with Gasteiger partial charge in [0.2, 0.25) is 5.91 Å². The molecule has 0 fully saturated rings. The maximum atomic E-state index is 13.1. The van der Waals surface area contributed by atoms with Crippen molar-refractivity contribution in [1.82, 2.24) is 10.2 Å². The number of amides is 2. The molecule has 0 aromatic heterocycles. The Bertz CT molecular complexity index is 490. The fraction of sp³-hybridized carbons (Fsp3) is 0.429. The molecular weight excluding hydrogens is 327 g/mol. The first-order valence-corrected chi connectivity index (χ1v) is 7.29. The summed E-state index contributed by atoms with van der Waals surface area (Å²) in [4.78, 5) is 25.3. The molecule has 0 aliphatic rings. The highest BCUT2D eigenvalue weighted by atomic mass is 79.9. The van der Waals surface area contributed by atoms with E-state index in [2.05, 4.69) is 21.2 Å². The zero-order valence-electron chi connectivity index (χ0n) is 11.6. The SMILES string of the molecule is CCN(CC)C(=O)CCNC(=O)c1ccc(F)c(Br)c1. The summed E-state index contributed by atoms with van der Waals surface area (Å²) in [5.74, 6) is -0.730. The van der Waals surface area contributed by atoms with E-state index in [1.165, 1.54) is 18.2 Å². The van der Waals surface area contributed by atoms with Gasteiger partial charge in [-0.1, -0.05) is 0 Å². The van der Waals surface area contributed by atoms with Crippen molar-refractivity contribution in [3.63, 3.8) is 0 Å². The van der Waals surface area contributed by atoms with Crippen LogP contribution in [0, 0.1) is 5.82 Å². The summed E-state index contributed by atoms with van der Waals surface area (Å²) in [6, 6.07) is 4.04. The van der Waals surface area contributed by atoms with E-state index in [1.54, 1.807) is 4.90 Å². The van der Waals surface area contributed by atoms with E-state index < -0.39 is 5.82 Å². The molecule has 0 aliphatic carbocycles. The normalized spacial score (nSPS) is 10.2. The minimum absolute atomic E-state index is 0.00980. The number of carbonyl (C=O) groups excluding carboxylic acids is 2. The van der Waals surface area contributed by atoms with Crippen LogP contribution < -0.4 is 5.32 Å². The lowest BCUT2D eigenvalue weighted by Gasteiger charge is -2.18. The minimum atomic E-state index is -0.418. The smallest absolute Gasteiger partial charge is 0.251 e. The average molecular weight is 345 g/mol. The van der Waals surface area contributed by atoms with Gasteiger partial charge >= 0.3 is 0 Å². The Balaban J connectivity index is 2.47. The van der Waals surface area contributed by atoms with Gasteiger partial charge in [-0.05, 0) is 48.0 Å². The summed E-state index contributed by atoms with van der Waals surface area (Å²) in [6.07, 6.45) is 0.260. The lowest BCUT2D eigenvalue weighted by molar-refractivity contribution is -0.130. The monoisotopic (exact) mass is 344 g/mol. The molecule has 0 unspecified atom stereocenters. The molecule has 2 amide bonds. The van der Waals surface area contributed by atoms with Crippen LogP contribution in [-0.2, 0) is 4.79 Å². The second-order valence-electron chi connectivity index (χ2n) is 4.20. The van der Waals surface area contributed by atoms with Gasteiger partial charge in [0.15, 0.2) is 0 Å². The first kappa shape index (κ1) is 16.6. The maximum absolute atomic E-state index is 13.1. The van der Waals surface area contributed by atoms with Crippen LogP contribution in [0.5, 0.6) is 0 Å². The van der Waals surface area contributed by atoms with Gasteiger partial charge in [0.05, 0.1) is 4.47 Å². The van der Waals surface area contributed by atoms with Crippen LogP contribution in [0.15, 0.2) is 22.7 Å². The largest absolute Gasteiger partial charge is 0.352 e. The van der Waals surface area contributed by atoms with Crippen molar-refractivity contribution in [2.45, 2.75) is 20.3 Å². The maximum Gasteiger partial charge on any atom is 0.251 e. The number of nitrogens with zero attached hydrogens (tertiary/aromatic N) is 1. The first-order valence-electron chi connectivity index (χ1n) is 6.50. The molecule has 0 saturated heterocycles. The molecular formula is C14H18BrFN2O2. The third-order valence-corrected chi connectivity index (χ3v) is 3.53. The second-order valence-corrected chi connectivity index (χ2v) is 5.06. The summed E-state index contributed by atoms with van der Waals surface area (Å²) in [5, 5.41) is 2.65. The van der Waals surface area contributed by atoms with Crippen LogP contribution in [0.4, 0.5) is 4.39 Å². The van der Waals surface area contributed by atoms with Gasteiger partial charge in [0.1, 0.15) is 5.82 Å². The Morgan fingerprint density at radius 1 is 1.30 bits per heavy atom. The molecule has 4 nitrogen and oxygen atoms in total. The van der Waals surface area contributed by atoms with E-state index in [0.717, 1.165) is 0 Å². The minimum Gasteiger partial charge on any atom is -0.352 e. The molecule has 1 aromatic rings. The zero-order valence-corrected chi connectivity index (χ0v) is 13.2. The van der Waals surface area contributed by atoms with E-state index in [-0.39, 0.29) is 29.3 Å². The molecule has 0 atom stereocenters. The molecule has 1 rings (SSSR count). The van der Waals surface area contributed by atoms with Crippen LogP contribution in [0.1, 0.15) is 30.6 Å². The second kappa shape index (κ2) is 7.99. The number of nitrogens with one attached hydrogen (secondary N) is 1. The Morgan fingerprint density at radius 3 is 2.50 bits per heavy atom. The van der Waals surface area contributed by atoms with Crippen LogP contribution in [0.25, 0.3) is 0 Å². The highest BCUT2D eigenvalue weighted by molar-refractivity contribution is 9.10. The molecule has 110 valence electrons. The van der Waals surface area contributed by atoms with Crippen molar-refractivity contribution in [2.75, 3.05) is 19.6 Å². The molecule has 0 bridgehead atoms. The van der Waals surface area contributed by atoms with Gasteiger partial charge in [0.25, 0.3) is 5.91 Å². The Labute approximate surface area is 126 Å².